The Hall–Kier alpha value is -2.92. The predicted octanol–water partition coefficient (Wildman–Crippen LogP) is 2.67. The number of amides is 1. The molecule has 2 aromatic carbocycles. The number of aromatic nitrogens is 1. The third kappa shape index (κ3) is 3.85. The van der Waals surface area contributed by atoms with Gasteiger partial charge >= 0.3 is 0 Å². The number of nitrogens with zero attached hydrogens (tertiary/aromatic N) is 1. The number of quaternary nitrogens is 1. The molecule has 1 amide bonds. The summed E-state index contributed by atoms with van der Waals surface area (Å²) >= 11 is 0. The molecule has 28 heavy (non-hydrogen) atoms. The Bertz CT molecular complexity index is 964. The van der Waals surface area contributed by atoms with Gasteiger partial charge in [-0.2, -0.15) is 0 Å². The molecule has 3 N–H and O–H groups in total. The number of rotatable bonds is 8. The molecule has 0 bridgehead atoms. The molecule has 5 nitrogen and oxygen atoms in total. The Morgan fingerprint density at radius 2 is 1.89 bits per heavy atom. The van der Waals surface area contributed by atoms with Gasteiger partial charge in [-0.15, -0.1) is 0 Å². The molecular formula is C23H26N3O2+. The van der Waals surface area contributed by atoms with Gasteiger partial charge in [-0.25, -0.2) is 0 Å². The number of para-hydroxylation sites is 1. The highest BCUT2D eigenvalue weighted by atomic mass is 16.2. The highest BCUT2D eigenvalue weighted by Gasteiger charge is 2.27. The van der Waals surface area contributed by atoms with Gasteiger partial charge in [-0.1, -0.05) is 48.5 Å². The topological polar surface area (TPSA) is 69.8 Å². The molecule has 1 atom stereocenters. The van der Waals surface area contributed by atoms with Crippen molar-refractivity contribution in [1.29, 1.82) is 0 Å². The van der Waals surface area contributed by atoms with Crippen LogP contribution in [0.5, 0.6) is 0 Å². The zero-order valence-corrected chi connectivity index (χ0v) is 15.9. The molecule has 1 saturated heterocycles. The largest absolute Gasteiger partial charge is 0.360 e. The summed E-state index contributed by atoms with van der Waals surface area (Å²) in [6.45, 7) is 2.45. The van der Waals surface area contributed by atoms with Crippen molar-refractivity contribution < 1.29 is 14.9 Å². The molecular weight excluding hydrogens is 350 g/mol. The Morgan fingerprint density at radius 1 is 1.11 bits per heavy atom. The first-order valence-electron chi connectivity index (χ1n) is 10.0. The number of ketones is 1. The van der Waals surface area contributed by atoms with Crippen LogP contribution in [0.3, 0.4) is 0 Å². The van der Waals surface area contributed by atoms with Gasteiger partial charge in [-0.05, 0) is 12.5 Å². The van der Waals surface area contributed by atoms with Crippen molar-refractivity contribution in [2.45, 2.75) is 25.3 Å². The fourth-order valence-electron chi connectivity index (χ4n) is 4.00. The molecule has 2 heterocycles. The highest BCUT2D eigenvalue weighted by molar-refractivity contribution is 6.09. The van der Waals surface area contributed by atoms with Gasteiger partial charge in [0.25, 0.3) is 0 Å². The average Bonchev–Trinajstić information content (AvgIpc) is 3.34. The summed E-state index contributed by atoms with van der Waals surface area (Å²) in [6, 6.07) is 17.6. The lowest BCUT2D eigenvalue weighted by molar-refractivity contribution is -0.681. The maximum absolute atomic E-state index is 13.4. The van der Waals surface area contributed by atoms with E-state index in [1.165, 1.54) is 0 Å². The summed E-state index contributed by atoms with van der Waals surface area (Å²) in [5.41, 5.74) is 2.72. The number of benzene rings is 2. The number of Topliss-reactive ketones (excluding diaryl/α,β-unsaturated/α-hetero) is 1. The zero-order valence-electron chi connectivity index (χ0n) is 15.9. The Kier molecular flexibility index (Phi) is 5.53. The normalized spacial score (nSPS) is 15.3. The second-order valence-electron chi connectivity index (χ2n) is 7.36. The van der Waals surface area contributed by atoms with Crippen LogP contribution < -0.4 is 5.32 Å². The van der Waals surface area contributed by atoms with E-state index in [0.717, 1.165) is 54.5 Å². The quantitative estimate of drug-likeness (QED) is 0.469. The molecule has 1 aromatic heterocycles. The Balaban J connectivity index is 1.49. The van der Waals surface area contributed by atoms with E-state index in [-0.39, 0.29) is 17.7 Å². The third-order valence-corrected chi connectivity index (χ3v) is 5.50. The van der Waals surface area contributed by atoms with Gasteiger partial charge in [-0.3, -0.25) is 9.59 Å². The van der Waals surface area contributed by atoms with E-state index in [4.69, 9.17) is 0 Å². The first-order valence-corrected chi connectivity index (χ1v) is 10.0. The SMILES string of the molecule is O=C(c1c[nH]c2ccccc12)[C@@H]([NH2+]CCCN1CCCC1=O)c1ccccc1. The number of hydrogen-bond donors (Lipinski definition) is 2. The van der Waals surface area contributed by atoms with Crippen molar-refractivity contribution in [3.63, 3.8) is 0 Å². The summed E-state index contributed by atoms with van der Waals surface area (Å²) in [4.78, 5) is 30.3. The predicted molar refractivity (Wildman–Crippen MR) is 109 cm³/mol. The second-order valence-corrected chi connectivity index (χ2v) is 7.36. The fraction of sp³-hybridized carbons (Fsp3) is 0.304. The maximum Gasteiger partial charge on any atom is 0.226 e. The molecule has 0 radical (unpaired) electrons. The van der Waals surface area contributed by atoms with Gasteiger partial charge in [0.05, 0.1) is 6.54 Å². The van der Waals surface area contributed by atoms with Crippen LogP contribution in [-0.4, -0.2) is 41.2 Å². The van der Waals surface area contributed by atoms with Crippen LogP contribution in [0.4, 0.5) is 0 Å². The first-order chi connectivity index (χ1) is 13.7. The van der Waals surface area contributed by atoms with Crippen molar-refractivity contribution in [2.75, 3.05) is 19.6 Å². The summed E-state index contributed by atoms with van der Waals surface area (Å²) in [7, 11) is 0. The molecule has 4 rings (SSSR count). The van der Waals surface area contributed by atoms with E-state index in [2.05, 4.69) is 10.3 Å². The van der Waals surface area contributed by atoms with E-state index in [1.807, 2.05) is 65.7 Å². The van der Waals surface area contributed by atoms with Crippen molar-refractivity contribution in [1.82, 2.24) is 9.88 Å². The molecule has 1 fully saturated rings. The van der Waals surface area contributed by atoms with Crippen LogP contribution in [0.15, 0.2) is 60.8 Å². The summed E-state index contributed by atoms with van der Waals surface area (Å²) < 4.78 is 0. The van der Waals surface area contributed by atoms with Gasteiger partial charge in [0, 0.05) is 54.2 Å². The molecule has 5 heteroatoms. The maximum atomic E-state index is 13.4. The summed E-state index contributed by atoms with van der Waals surface area (Å²) in [5, 5.41) is 3.07. The number of carbonyl (C=O) groups excluding carboxylic acids is 2. The van der Waals surface area contributed by atoms with E-state index >= 15 is 0 Å². The average molecular weight is 376 g/mol. The van der Waals surface area contributed by atoms with Crippen LogP contribution in [-0.2, 0) is 4.79 Å². The number of carbonyl (C=O) groups is 2. The van der Waals surface area contributed by atoms with Crippen LogP contribution in [0.25, 0.3) is 10.9 Å². The number of likely N-dealkylation sites (tertiary alicyclic amines) is 1. The molecule has 3 aromatic rings. The van der Waals surface area contributed by atoms with Crippen LogP contribution in [0.1, 0.15) is 41.2 Å². The molecule has 0 spiro atoms. The van der Waals surface area contributed by atoms with Gasteiger partial charge < -0.3 is 15.2 Å². The first kappa shape index (κ1) is 18.4. The number of H-pyrrole nitrogens is 1. The minimum absolute atomic E-state index is 0.112. The van der Waals surface area contributed by atoms with Crippen molar-refractivity contribution in [3.05, 3.63) is 71.9 Å². The third-order valence-electron chi connectivity index (χ3n) is 5.50. The van der Waals surface area contributed by atoms with E-state index in [0.29, 0.717) is 6.42 Å². The highest BCUT2D eigenvalue weighted by Crippen LogP contribution is 2.22. The molecule has 0 aliphatic carbocycles. The number of hydrogen-bond acceptors (Lipinski definition) is 2. The minimum Gasteiger partial charge on any atom is -0.360 e. The smallest absolute Gasteiger partial charge is 0.226 e. The van der Waals surface area contributed by atoms with Gasteiger partial charge in [0.1, 0.15) is 0 Å². The van der Waals surface area contributed by atoms with Crippen molar-refractivity contribution >= 4 is 22.6 Å². The second kappa shape index (κ2) is 8.40. The number of nitrogens with one attached hydrogen (secondary N) is 1. The van der Waals surface area contributed by atoms with Crippen LogP contribution in [0.2, 0.25) is 0 Å². The monoisotopic (exact) mass is 376 g/mol. The van der Waals surface area contributed by atoms with Crippen molar-refractivity contribution in [3.8, 4) is 0 Å². The molecule has 1 aliphatic rings. The van der Waals surface area contributed by atoms with Gasteiger partial charge in [0.2, 0.25) is 11.7 Å². The number of nitrogens with two attached hydrogens (primary N) is 1. The van der Waals surface area contributed by atoms with E-state index in [9.17, 15) is 9.59 Å². The Morgan fingerprint density at radius 3 is 2.68 bits per heavy atom. The lowest BCUT2D eigenvalue weighted by atomic mass is 9.97. The molecule has 1 aliphatic heterocycles. The van der Waals surface area contributed by atoms with Crippen LogP contribution in [0, 0.1) is 0 Å². The van der Waals surface area contributed by atoms with E-state index < -0.39 is 0 Å². The summed E-state index contributed by atoms with van der Waals surface area (Å²) in [5.74, 6) is 0.371. The molecule has 144 valence electrons. The number of aromatic amines is 1. The van der Waals surface area contributed by atoms with E-state index in [1.54, 1.807) is 0 Å². The fourth-order valence-corrected chi connectivity index (χ4v) is 4.00. The Labute approximate surface area is 164 Å². The lowest BCUT2D eigenvalue weighted by Crippen LogP contribution is -2.87. The summed E-state index contributed by atoms with van der Waals surface area (Å²) in [6.07, 6.45) is 4.35. The molecule has 0 saturated carbocycles. The van der Waals surface area contributed by atoms with Crippen LogP contribution >= 0.6 is 0 Å². The number of fused-ring (bicyclic) bond motifs is 1. The minimum atomic E-state index is -0.283. The standard InChI is InChI=1S/C23H25N3O2/c27-21-12-6-14-26(21)15-7-13-24-22(17-8-2-1-3-9-17)23(28)19-16-25-20-11-5-4-10-18(19)20/h1-5,8-11,16,22,24-25H,6-7,12-15H2/p+1/t22-/m0/s1. The zero-order chi connectivity index (χ0) is 19.3. The van der Waals surface area contributed by atoms with Gasteiger partial charge in [0.15, 0.2) is 6.04 Å². The lowest BCUT2D eigenvalue weighted by Gasteiger charge is -2.17. The molecule has 0 unspecified atom stereocenters. The van der Waals surface area contributed by atoms with Crippen molar-refractivity contribution in [2.24, 2.45) is 0 Å².